The smallest absolute Gasteiger partial charge is 0.141 e. The summed E-state index contributed by atoms with van der Waals surface area (Å²) in [6.07, 6.45) is 6.42. The van der Waals surface area contributed by atoms with Crippen LogP contribution >= 0.6 is 11.6 Å². The minimum atomic E-state index is 0.532. The van der Waals surface area contributed by atoms with Crippen molar-refractivity contribution in [3.8, 4) is 22.8 Å². The number of hydrogen-bond acceptors (Lipinski definition) is 5. The molecule has 3 aromatic rings. The van der Waals surface area contributed by atoms with Gasteiger partial charge in [-0.2, -0.15) is 0 Å². The molecule has 0 amide bonds. The van der Waals surface area contributed by atoms with Crippen molar-refractivity contribution in [2.75, 3.05) is 46.3 Å². The second kappa shape index (κ2) is 8.13. The van der Waals surface area contributed by atoms with E-state index in [1.807, 2.05) is 16.7 Å². The molecule has 2 aromatic heterocycles. The van der Waals surface area contributed by atoms with E-state index in [9.17, 15) is 0 Å². The van der Waals surface area contributed by atoms with Crippen molar-refractivity contribution in [3.63, 3.8) is 0 Å². The van der Waals surface area contributed by atoms with Crippen LogP contribution in [0.4, 0.5) is 5.69 Å². The largest absolute Gasteiger partial charge is 0.496 e. The molecule has 1 saturated heterocycles. The number of methoxy groups -OCH3 is 2. The fourth-order valence-electron chi connectivity index (χ4n) is 4.00. The highest BCUT2D eigenvalue weighted by Gasteiger charge is 2.21. The van der Waals surface area contributed by atoms with Gasteiger partial charge in [-0.1, -0.05) is 11.6 Å². The van der Waals surface area contributed by atoms with E-state index in [0.29, 0.717) is 22.6 Å². The van der Waals surface area contributed by atoms with Crippen LogP contribution in [0.3, 0.4) is 0 Å². The molecule has 6 nitrogen and oxygen atoms in total. The number of benzene rings is 1. The molecule has 0 spiro atoms. The highest BCUT2D eigenvalue weighted by molar-refractivity contribution is 6.32. The van der Waals surface area contributed by atoms with E-state index in [4.69, 9.17) is 26.1 Å². The highest BCUT2D eigenvalue weighted by Crippen LogP contribution is 2.38. The van der Waals surface area contributed by atoms with Crippen LogP contribution in [0, 0.1) is 0 Å². The molecular weight excluding hydrogens is 388 g/mol. The predicted molar refractivity (Wildman–Crippen MR) is 118 cm³/mol. The third-order valence-electron chi connectivity index (χ3n) is 5.75. The zero-order valence-corrected chi connectivity index (χ0v) is 18.1. The van der Waals surface area contributed by atoms with Crippen molar-refractivity contribution in [2.45, 2.75) is 18.9 Å². The lowest BCUT2D eigenvalue weighted by Gasteiger charge is -2.36. The maximum atomic E-state index is 6.34. The zero-order valence-electron chi connectivity index (χ0n) is 17.4. The molecule has 0 aliphatic carbocycles. The fourth-order valence-corrected chi connectivity index (χ4v) is 4.24. The van der Waals surface area contributed by atoms with Gasteiger partial charge in [0.05, 0.1) is 24.9 Å². The summed E-state index contributed by atoms with van der Waals surface area (Å²) in [6, 6.07) is 8.61. The van der Waals surface area contributed by atoms with Crippen LogP contribution in [0.2, 0.25) is 5.02 Å². The summed E-state index contributed by atoms with van der Waals surface area (Å²) in [5.41, 5.74) is 3.78. The molecule has 7 heteroatoms. The lowest BCUT2D eigenvalue weighted by molar-refractivity contribution is 0.249. The average Bonchev–Trinajstić information content (AvgIpc) is 3.16. The van der Waals surface area contributed by atoms with E-state index in [1.54, 1.807) is 20.3 Å². The van der Waals surface area contributed by atoms with Crippen LogP contribution in [0.15, 0.2) is 36.7 Å². The van der Waals surface area contributed by atoms with Crippen molar-refractivity contribution in [2.24, 2.45) is 0 Å². The standard InChI is InChI=1S/C22H27ClN4O2/c1-25(2)15-5-8-26(9-6-15)16-7-10-27-14-19(24-22(27)11-16)17-12-18(23)21(29-4)13-20(17)28-3/h7,10-15H,5-6,8-9H2,1-4H3. The second-order valence-electron chi connectivity index (χ2n) is 7.65. The summed E-state index contributed by atoms with van der Waals surface area (Å²) in [7, 11) is 7.56. The number of fused-ring (bicyclic) bond motifs is 1. The van der Waals surface area contributed by atoms with Gasteiger partial charge in [0.1, 0.15) is 17.1 Å². The summed E-state index contributed by atoms with van der Waals surface area (Å²) in [5.74, 6) is 1.26. The quantitative estimate of drug-likeness (QED) is 0.625. The topological polar surface area (TPSA) is 42.2 Å². The molecule has 0 N–H and O–H groups in total. The lowest BCUT2D eigenvalue weighted by Crippen LogP contribution is -2.42. The summed E-state index contributed by atoms with van der Waals surface area (Å²) in [6.45, 7) is 2.13. The van der Waals surface area contributed by atoms with Gasteiger partial charge in [-0.05, 0) is 39.1 Å². The Balaban J connectivity index is 1.64. The molecule has 154 valence electrons. The SMILES string of the molecule is COc1cc(OC)c(-c2cn3ccc(N4CCC(N(C)C)CC4)cc3n2)cc1Cl. The number of imidazole rings is 1. The molecule has 1 aliphatic rings. The first kappa shape index (κ1) is 19.9. The Kier molecular flexibility index (Phi) is 5.56. The molecule has 4 rings (SSSR count). The Bertz CT molecular complexity index is 1010. The minimum absolute atomic E-state index is 0.532. The number of rotatable bonds is 5. The maximum absolute atomic E-state index is 6.34. The third kappa shape index (κ3) is 3.87. The van der Waals surface area contributed by atoms with Crippen molar-refractivity contribution in [1.82, 2.24) is 14.3 Å². The molecule has 1 aromatic carbocycles. The van der Waals surface area contributed by atoms with Crippen molar-refractivity contribution >= 4 is 22.9 Å². The normalized spacial score (nSPS) is 15.3. The number of halogens is 1. The summed E-state index contributed by atoms with van der Waals surface area (Å²) < 4.78 is 12.9. The first-order valence-electron chi connectivity index (χ1n) is 9.82. The Morgan fingerprint density at radius 2 is 1.79 bits per heavy atom. The van der Waals surface area contributed by atoms with Gasteiger partial charge in [0, 0.05) is 54.9 Å². The highest BCUT2D eigenvalue weighted by atomic mass is 35.5. The molecule has 1 aliphatic heterocycles. The number of ether oxygens (including phenoxy) is 2. The van der Waals surface area contributed by atoms with E-state index in [-0.39, 0.29) is 0 Å². The monoisotopic (exact) mass is 414 g/mol. The minimum Gasteiger partial charge on any atom is -0.496 e. The van der Waals surface area contributed by atoms with Crippen LogP contribution in [-0.4, -0.2) is 61.7 Å². The van der Waals surface area contributed by atoms with Crippen molar-refractivity contribution < 1.29 is 9.47 Å². The number of anilines is 1. The Hall–Kier alpha value is -2.44. The summed E-state index contributed by atoms with van der Waals surface area (Å²) in [4.78, 5) is 9.61. The molecule has 29 heavy (non-hydrogen) atoms. The zero-order chi connectivity index (χ0) is 20.5. The van der Waals surface area contributed by atoms with Gasteiger partial charge in [0.15, 0.2) is 0 Å². The van der Waals surface area contributed by atoms with Crippen molar-refractivity contribution in [3.05, 3.63) is 41.7 Å². The number of hydrogen-bond donors (Lipinski definition) is 0. The number of nitrogens with zero attached hydrogens (tertiary/aromatic N) is 4. The molecule has 3 heterocycles. The number of aromatic nitrogens is 2. The molecule has 0 unspecified atom stereocenters. The van der Waals surface area contributed by atoms with Crippen LogP contribution in [0.25, 0.3) is 16.9 Å². The van der Waals surface area contributed by atoms with Crippen LogP contribution in [0.1, 0.15) is 12.8 Å². The molecule has 1 fully saturated rings. The fraction of sp³-hybridized carbons (Fsp3) is 0.409. The maximum Gasteiger partial charge on any atom is 0.141 e. The summed E-state index contributed by atoms with van der Waals surface area (Å²) in [5, 5.41) is 0.532. The van der Waals surface area contributed by atoms with E-state index in [2.05, 4.69) is 42.2 Å². The average molecular weight is 415 g/mol. The number of piperidine rings is 1. The van der Waals surface area contributed by atoms with Gasteiger partial charge in [0.25, 0.3) is 0 Å². The van der Waals surface area contributed by atoms with Gasteiger partial charge in [-0.15, -0.1) is 0 Å². The van der Waals surface area contributed by atoms with Crippen molar-refractivity contribution in [1.29, 1.82) is 0 Å². The van der Waals surface area contributed by atoms with E-state index >= 15 is 0 Å². The molecular formula is C22H27ClN4O2. The first-order chi connectivity index (χ1) is 14.0. The van der Waals surface area contributed by atoms with E-state index < -0.39 is 0 Å². The molecule has 0 saturated carbocycles. The Morgan fingerprint density at radius 3 is 2.45 bits per heavy atom. The van der Waals surface area contributed by atoms with E-state index in [0.717, 1.165) is 30.0 Å². The van der Waals surface area contributed by atoms with Gasteiger partial charge in [-0.3, -0.25) is 0 Å². The molecule has 0 atom stereocenters. The van der Waals surface area contributed by atoms with E-state index in [1.165, 1.54) is 18.5 Å². The first-order valence-corrected chi connectivity index (χ1v) is 10.2. The van der Waals surface area contributed by atoms with Gasteiger partial charge >= 0.3 is 0 Å². The number of pyridine rings is 1. The third-order valence-corrected chi connectivity index (χ3v) is 6.05. The summed E-state index contributed by atoms with van der Waals surface area (Å²) >= 11 is 6.34. The Morgan fingerprint density at radius 1 is 1.07 bits per heavy atom. The van der Waals surface area contributed by atoms with Crippen LogP contribution in [-0.2, 0) is 0 Å². The molecule has 0 bridgehead atoms. The van der Waals surface area contributed by atoms with Crippen LogP contribution < -0.4 is 14.4 Å². The van der Waals surface area contributed by atoms with Gasteiger partial charge < -0.3 is 23.7 Å². The Labute approximate surface area is 176 Å². The molecule has 0 radical (unpaired) electrons. The predicted octanol–water partition coefficient (Wildman–Crippen LogP) is 4.20. The van der Waals surface area contributed by atoms with Gasteiger partial charge in [0.2, 0.25) is 0 Å². The second-order valence-corrected chi connectivity index (χ2v) is 8.05. The van der Waals surface area contributed by atoms with Gasteiger partial charge in [-0.25, -0.2) is 4.98 Å². The van der Waals surface area contributed by atoms with Crippen LogP contribution in [0.5, 0.6) is 11.5 Å². The lowest BCUT2D eigenvalue weighted by atomic mass is 10.0.